The molecule has 0 heterocycles. The summed E-state index contributed by atoms with van der Waals surface area (Å²) in [4.78, 5) is 14.7. The number of carbonyl (C=O) groups excluding carboxylic acids is 1. The molecule has 0 aliphatic carbocycles. The van der Waals surface area contributed by atoms with Gasteiger partial charge >= 0.3 is 6.09 Å². The van der Waals surface area contributed by atoms with Crippen molar-refractivity contribution in [1.29, 1.82) is 0 Å². The van der Waals surface area contributed by atoms with Gasteiger partial charge < -0.3 is 5.32 Å². The van der Waals surface area contributed by atoms with E-state index in [-0.39, 0.29) is 0 Å². The van der Waals surface area contributed by atoms with Crippen LogP contribution in [0.1, 0.15) is 19.8 Å². The second-order valence-corrected chi connectivity index (χ2v) is 2.28. The third kappa shape index (κ3) is 5.66. The Morgan fingerprint density at radius 1 is 1.73 bits per heavy atom. The van der Waals surface area contributed by atoms with Crippen molar-refractivity contribution in [3.05, 3.63) is 0 Å². The Morgan fingerprint density at radius 2 is 2.36 bits per heavy atom. The lowest BCUT2D eigenvalue weighted by Gasteiger charge is -1.95. The highest BCUT2D eigenvalue weighted by Crippen LogP contribution is 1.97. The summed E-state index contributed by atoms with van der Waals surface area (Å²) < 4.78 is 0. The van der Waals surface area contributed by atoms with Gasteiger partial charge in [-0.05, 0) is 6.42 Å². The SMILES string of the molecule is CCC/C(Cl)=N/OC(=O)NC. The standard InChI is InChI=1S/C6H11ClN2O2/c1-3-4-5(7)9-11-6(10)8-2/h3-4H2,1-2H3,(H,8,10)/b9-5-. The minimum atomic E-state index is -0.612. The van der Waals surface area contributed by atoms with Crippen LogP contribution in [-0.4, -0.2) is 18.3 Å². The van der Waals surface area contributed by atoms with Gasteiger partial charge in [0, 0.05) is 13.5 Å². The second-order valence-electron chi connectivity index (χ2n) is 1.85. The zero-order chi connectivity index (χ0) is 8.69. The molecule has 0 saturated carbocycles. The van der Waals surface area contributed by atoms with Crippen molar-refractivity contribution in [3.63, 3.8) is 0 Å². The molecule has 0 atom stereocenters. The second kappa shape index (κ2) is 5.97. The molecule has 64 valence electrons. The molecule has 11 heavy (non-hydrogen) atoms. The van der Waals surface area contributed by atoms with Gasteiger partial charge in [0.2, 0.25) is 0 Å². The lowest BCUT2D eigenvalue weighted by molar-refractivity contribution is 0.153. The van der Waals surface area contributed by atoms with Gasteiger partial charge in [0.1, 0.15) is 5.17 Å². The van der Waals surface area contributed by atoms with Crippen LogP contribution in [0.3, 0.4) is 0 Å². The number of nitrogens with zero attached hydrogens (tertiary/aromatic N) is 1. The Hall–Kier alpha value is -0.770. The molecular formula is C6H11ClN2O2. The van der Waals surface area contributed by atoms with Crippen LogP contribution in [0.5, 0.6) is 0 Å². The predicted molar refractivity (Wildman–Crippen MR) is 43.7 cm³/mol. The van der Waals surface area contributed by atoms with E-state index in [1.807, 2.05) is 6.92 Å². The summed E-state index contributed by atoms with van der Waals surface area (Å²) >= 11 is 5.53. The maximum atomic E-state index is 10.4. The number of amides is 1. The molecule has 0 unspecified atom stereocenters. The first kappa shape index (κ1) is 10.2. The number of halogens is 1. The fourth-order valence-electron chi connectivity index (χ4n) is 0.389. The van der Waals surface area contributed by atoms with Crippen molar-refractivity contribution in [2.75, 3.05) is 7.05 Å². The number of hydrogen-bond donors (Lipinski definition) is 1. The van der Waals surface area contributed by atoms with E-state index >= 15 is 0 Å². The molecule has 1 amide bonds. The summed E-state index contributed by atoms with van der Waals surface area (Å²) in [7, 11) is 1.45. The first-order chi connectivity index (χ1) is 5.20. The Balaban J connectivity index is 3.63. The Morgan fingerprint density at radius 3 is 2.82 bits per heavy atom. The average molecular weight is 179 g/mol. The molecule has 0 aromatic rings. The number of nitrogens with one attached hydrogen (secondary N) is 1. The van der Waals surface area contributed by atoms with Crippen molar-refractivity contribution in [3.8, 4) is 0 Å². The molecule has 1 N–H and O–H groups in total. The van der Waals surface area contributed by atoms with Gasteiger partial charge in [-0.25, -0.2) is 4.79 Å². The summed E-state index contributed by atoms with van der Waals surface area (Å²) in [6.45, 7) is 1.96. The van der Waals surface area contributed by atoms with Gasteiger partial charge in [0.15, 0.2) is 0 Å². The van der Waals surface area contributed by atoms with Crippen molar-refractivity contribution in [2.45, 2.75) is 19.8 Å². The molecule has 5 heteroatoms. The fourth-order valence-corrected chi connectivity index (χ4v) is 0.612. The van der Waals surface area contributed by atoms with Crippen LogP contribution < -0.4 is 5.32 Å². The van der Waals surface area contributed by atoms with E-state index in [1.54, 1.807) is 0 Å². The summed E-state index contributed by atoms with van der Waals surface area (Å²) in [5.41, 5.74) is 0. The predicted octanol–water partition coefficient (Wildman–Crippen LogP) is 1.69. The summed E-state index contributed by atoms with van der Waals surface area (Å²) in [6.07, 6.45) is 0.886. The van der Waals surface area contributed by atoms with Crippen LogP contribution in [0.2, 0.25) is 0 Å². The smallest absolute Gasteiger partial charge is 0.323 e. The van der Waals surface area contributed by atoms with Crippen LogP contribution in [0, 0.1) is 0 Å². The topological polar surface area (TPSA) is 50.7 Å². The molecule has 0 fully saturated rings. The number of oxime groups is 1. The van der Waals surface area contributed by atoms with Gasteiger partial charge in [0.05, 0.1) is 0 Å². The lowest BCUT2D eigenvalue weighted by atomic mass is 10.4. The molecular weight excluding hydrogens is 168 g/mol. The van der Waals surface area contributed by atoms with Crippen LogP contribution in [-0.2, 0) is 4.84 Å². The van der Waals surface area contributed by atoms with E-state index in [0.29, 0.717) is 11.6 Å². The van der Waals surface area contributed by atoms with Gasteiger partial charge in [0.25, 0.3) is 0 Å². The first-order valence-electron chi connectivity index (χ1n) is 3.31. The minimum absolute atomic E-state index is 0.302. The third-order valence-corrected chi connectivity index (χ3v) is 1.15. The molecule has 0 saturated heterocycles. The Kier molecular flexibility index (Phi) is 5.56. The molecule has 0 aromatic carbocycles. The van der Waals surface area contributed by atoms with Crippen LogP contribution >= 0.6 is 11.6 Å². The molecule has 0 aromatic heterocycles. The number of carbonyl (C=O) groups is 1. The number of rotatable bonds is 3. The van der Waals surface area contributed by atoms with E-state index in [2.05, 4.69) is 15.3 Å². The van der Waals surface area contributed by atoms with E-state index in [4.69, 9.17) is 11.6 Å². The number of hydrogen-bond acceptors (Lipinski definition) is 3. The summed E-state index contributed by atoms with van der Waals surface area (Å²) in [5, 5.41) is 5.89. The van der Waals surface area contributed by atoms with Crippen molar-refractivity contribution < 1.29 is 9.63 Å². The van der Waals surface area contributed by atoms with E-state index in [0.717, 1.165) is 6.42 Å². The fraction of sp³-hybridized carbons (Fsp3) is 0.667. The van der Waals surface area contributed by atoms with E-state index < -0.39 is 6.09 Å². The Bertz CT molecular complexity index is 159. The van der Waals surface area contributed by atoms with Gasteiger partial charge in [-0.1, -0.05) is 23.7 Å². The Labute approximate surface area is 70.5 Å². The molecule has 0 radical (unpaired) electrons. The van der Waals surface area contributed by atoms with Gasteiger partial charge in [-0.3, -0.25) is 4.84 Å². The van der Waals surface area contributed by atoms with E-state index in [1.165, 1.54) is 7.05 Å². The van der Waals surface area contributed by atoms with Gasteiger partial charge in [-0.2, -0.15) is 0 Å². The van der Waals surface area contributed by atoms with E-state index in [9.17, 15) is 4.79 Å². The normalized spacial score (nSPS) is 11.0. The van der Waals surface area contributed by atoms with Crippen molar-refractivity contribution in [2.24, 2.45) is 5.16 Å². The molecule has 0 bridgehead atoms. The lowest BCUT2D eigenvalue weighted by Crippen LogP contribution is -2.17. The highest BCUT2D eigenvalue weighted by molar-refractivity contribution is 6.65. The zero-order valence-corrected chi connectivity index (χ0v) is 7.31. The van der Waals surface area contributed by atoms with Crippen molar-refractivity contribution in [1.82, 2.24) is 5.32 Å². The monoisotopic (exact) mass is 178 g/mol. The van der Waals surface area contributed by atoms with Crippen molar-refractivity contribution >= 4 is 22.9 Å². The maximum absolute atomic E-state index is 10.4. The quantitative estimate of drug-likeness (QED) is 0.406. The average Bonchev–Trinajstić information content (AvgIpc) is 2.01. The van der Waals surface area contributed by atoms with Crippen LogP contribution in [0.25, 0.3) is 0 Å². The first-order valence-corrected chi connectivity index (χ1v) is 3.69. The highest BCUT2D eigenvalue weighted by atomic mass is 35.5. The third-order valence-electron chi connectivity index (χ3n) is 0.888. The van der Waals surface area contributed by atoms with Crippen LogP contribution in [0.4, 0.5) is 4.79 Å². The molecule has 0 aliphatic rings. The molecule has 0 spiro atoms. The van der Waals surface area contributed by atoms with Crippen LogP contribution in [0.15, 0.2) is 5.16 Å². The molecule has 4 nitrogen and oxygen atoms in total. The minimum Gasteiger partial charge on any atom is -0.323 e. The summed E-state index contributed by atoms with van der Waals surface area (Å²) in [5.74, 6) is 0. The van der Waals surface area contributed by atoms with Gasteiger partial charge in [-0.15, -0.1) is 0 Å². The highest BCUT2D eigenvalue weighted by Gasteiger charge is 1.97. The molecule has 0 aliphatic heterocycles. The largest absolute Gasteiger partial charge is 0.433 e. The summed E-state index contributed by atoms with van der Waals surface area (Å²) in [6, 6.07) is 0. The maximum Gasteiger partial charge on any atom is 0.433 e. The zero-order valence-electron chi connectivity index (χ0n) is 6.56. The molecule has 0 rings (SSSR count).